The molecule has 3 aromatic rings. The number of amides is 3. The first-order valence-corrected chi connectivity index (χ1v) is 7.75. The average molecular weight is 367 g/mol. The quantitative estimate of drug-likeness (QED) is 0.513. The number of aromatic amines is 1. The second-order valence-electron chi connectivity index (χ2n) is 5.54. The summed E-state index contributed by atoms with van der Waals surface area (Å²) in [6.07, 6.45) is 3.68. The first-order chi connectivity index (χ1) is 12.9. The average Bonchev–Trinajstić information content (AvgIpc) is 3.09. The fraction of sp³-hybridized carbons (Fsp3) is 0. The lowest BCUT2D eigenvalue weighted by Crippen LogP contribution is -2.15. The molecule has 8 nitrogen and oxygen atoms in total. The molecule has 0 bridgehead atoms. The lowest BCUT2D eigenvalue weighted by Gasteiger charge is -2.05. The van der Waals surface area contributed by atoms with Crippen LogP contribution in [0.25, 0.3) is 10.9 Å². The van der Waals surface area contributed by atoms with Gasteiger partial charge >= 0.3 is 0 Å². The van der Waals surface area contributed by atoms with E-state index in [0.717, 1.165) is 35.2 Å². The summed E-state index contributed by atoms with van der Waals surface area (Å²) >= 11 is 0. The third-order valence-corrected chi connectivity index (χ3v) is 3.59. The topological polar surface area (TPSA) is 130 Å². The molecule has 5 N–H and O–H groups in total. The van der Waals surface area contributed by atoms with E-state index < -0.39 is 23.5 Å². The Morgan fingerprint density at radius 2 is 1.63 bits per heavy atom. The number of hydrogen-bond acceptors (Lipinski definition) is 4. The monoisotopic (exact) mass is 367 g/mol. The van der Waals surface area contributed by atoms with Crippen LogP contribution in [0.5, 0.6) is 0 Å². The number of hydrogen-bond donors (Lipinski definition) is 4. The normalized spacial score (nSPS) is 10.9. The van der Waals surface area contributed by atoms with E-state index in [9.17, 15) is 18.8 Å². The summed E-state index contributed by atoms with van der Waals surface area (Å²) in [7, 11) is 0. The number of benzene rings is 2. The standard InChI is InChI=1S/C18H14FN5O3/c19-14-3-1-12(8-13(14)18(20)27)23-17(26)6-5-16(25)22-11-2-4-15-10(7-11)9-21-24-15/h1-9H,(H2,20,27)(H,21,24)(H,22,25)(H,23,26)/b6-5+. The highest BCUT2D eigenvalue weighted by atomic mass is 19.1. The second kappa shape index (κ2) is 7.48. The largest absolute Gasteiger partial charge is 0.366 e. The van der Waals surface area contributed by atoms with Gasteiger partial charge < -0.3 is 16.4 Å². The Kier molecular flexibility index (Phi) is 4.93. The summed E-state index contributed by atoms with van der Waals surface area (Å²) in [5.74, 6) is -2.87. The molecule has 27 heavy (non-hydrogen) atoms. The molecule has 0 aliphatic carbocycles. The van der Waals surface area contributed by atoms with Crippen LogP contribution in [0, 0.1) is 5.82 Å². The first kappa shape index (κ1) is 17.8. The number of anilines is 2. The molecule has 2 aromatic carbocycles. The Morgan fingerprint density at radius 1 is 1.00 bits per heavy atom. The number of carbonyl (C=O) groups is 3. The molecule has 3 amide bonds. The summed E-state index contributed by atoms with van der Waals surface area (Å²) in [4.78, 5) is 34.9. The van der Waals surface area contributed by atoms with E-state index in [1.54, 1.807) is 24.4 Å². The second-order valence-corrected chi connectivity index (χ2v) is 5.54. The van der Waals surface area contributed by atoms with Gasteiger partial charge in [-0.2, -0.15) is 5.10 Å². The number of nitrogens with zero attached hydrogens (tertiary/aromatic N) is 1. The molecular formula is C18H14FN5O3. The molecule has 0 aliphatic rings. The van der Waals surface area contributed by atoms with Crippen LogP contribution in [0.3, 0.4) is 0 Å². The van der Waals surface area contributed by atoms with Crippen LogP contribution in [0.15, 0.2) is 54.7 Å². The van der Waals surface area contributed by atoms with Crippen LogP contribution in [0.1, 0.15) is 10.4 Å². The number of halogens is 1. The van der Waals surface area contributed by atoms with E-state index >= 15 is 0 Å². The van der Waals surface area contributed by atoms with Crippen LogP contribution in [0.2, 0.25) is 0 Å². The van der Waals surface area contributed by atoms with Crippen molar-refractivity contribution in [1.82, 2.24) is 10.2 Å². The minimum atomic E-state index is -0.951. The van der Waals surface area contributed by atoms with Crippen LogP contribution >= 0.6 is 0 Å². The van der Waals surface area contributed by atoms with Gasteiger partial charge in [-0.1, -0.05) is 0 Å². The number of fused-ring (bicyclic) bond motifs is 1. The molecule has 1 heterocycles. The predicted molar refractivity (Wildman–Crippen MR) is 97.4 cm³/mol. The number of H-pyrrole nitrogens is 1. The highest BCUT2D eigenvalue weighted by Gasteiger charge is 2.10. The van der Waals surface area contributed by atoms with Gasteiger partial charge in [0.25, 0.3) is 5.91 Å². The van der Waals surface area contributed by atoms with Gasteiger partial charge in [0, 0.05) is 28.9 Å². The van der Waals surface area contributed by atoms with Gasteiger partial charge in [0.15, 0.2) is 0 Å². The van der Waals surface area contributed by atoms with Crippen molar-refractivity contribution in [2.75, 3.05) is 10.6 Å². The van der Waals surface area contributed by atoms with Crippen LogP contribution < -0.4 is 16.4 Å². The highest BCUT2D eigenvalue weighted by Crippen LogP contribution is 2.17. The number of aromatic nitrogens is 2. The molecule has 0 unspecified atom stereocenters. The molecule has 0 aliphatic heterocycles. The lowest BCUT2D eigenvalue weighted by atomic mass is 10.2. The first-order valence-electron chi connectivity index (χ1n) is 7.75. The van der Waals surface area contributed by atoms with E-state index in [-0.39, 0.29) is 11.3 Å². The van der Waals surface area contributed by atoms with E-state index in [2.05, 4.69) is 20.8 Å². The Hall–Kier alpha value is -4.01. The summed E-state index contributed by atoms with van der Waals surface area (Å²) in [6, 6.07) is 8.58. The summed E-state index contributed by atoms with van der Waals surface area (Å²) in [5.41, 5.74) is 6.25. The van der Waals surface area contributed by atoms with Gasteiger partial charge in [-0.3, -0.25) is 19.5 Å². The van der Waals surface area contributed by atoms with Gasteiger partial charge in [-0.25, -0.2) is 4.39 Å². The summed E-state index contributed by atoms with van der Waals surface area (Å²) in [5, 5.41) is 12.5. The van der Waals surface area contributed by atoms with E-state index in [4.69, 9.17) is 5.73 Å². The Morgan fingerprint density at radius 3 is 2.30 bits per heavy atom. The maximum atomic E-state index is 13.4. The minimum absolute atomic E-state index is 0.172. The predicted octanol–water partition coefficient (Wildman–Crippen LogP) is 1.93. The van der Waals surface area contributed by atoms with Gasteiger partial charge in [0.05, 0.1) is 17.3 Å². The molecule has 0 radical (unpaired) electrons. The fourth-order valence-electron chi connectivity index (χ4n) is 2.33. The number of rotatable bonds is 5. The lowest BCUT2D eigenvalue weighted by molar-refractivity contribution is -0.114. The van der Waals surface area contributed by atoms with Crippen molar-refractivity contribution >= 4 is 40.0 Å². The van der Waals surface area contributed by atoms with E-state index in [1.807, 2.05) is 0 Å². The van der Waals surface area contributed by atoms with E-state index in [0.29, 0.717) is 5.69 Å². The zero-order valence-corrected chi connectivity index (χ0v) is 13.8. The van der Waals surface area contributed by atoms with Crippen molar-refractivity contribution in [1.29, 1.82) is 0 Å². The van der Waals surface area contributed by atoms with Crippen molar-refractivity contribution in [3.8, 4) is 0 Å². The molecule has 0 spiro atoms. The zero-order valence-electron chi connectivity index (χ0n) is 13.8. The molecule has 0 saturated heterocycles. The van der Waals surface area contributed by atoms with Gasteiger partial charge in [-0.05, 0) is 36.4 Å². The molecule has 0 saturated carbocycles. The smallest absolute Gasteiger partial charge is 0.251 e. The molecule has 3 rings (SSSR count). The fourth-order valence-corrected chi connectivity index (χ4v) is 2.33. The van der Waals surface area contributed by atoms with Crippen molar-refractivity contribution < 1.29 is 18.8 Å². The summed E-state index contributed by atoms with van der Waals surface area (Å²) in [6.45, 7) is 0. The number of primary amides is 1. The van der Waals surface area contributed by atoms with Crippen LogP contribution in [-0.2, 0) is 9.59 Å². The molecular weight excluding hydrogens is 353 g/mol. The van der Waals surface area contributed by atoms with Gasteiger partial charge in [-0.15, -0.1) is 0 Å². The van der Waals surface area contributed by atoms with Crippen molar-refractivity contribution in [2.24, 2.45) is 5.73 Å². The third-order valence-electron chi connectivity index (χ3n) is 3.59. The maximum Gasteiger partial charge on any atom is 0.251 e. The van der Waals surface area contributed by atoms with Crippen molar-refractivity contribution in [2.45, 2.75) is 0 Å². The maximum absolute atomic E-state index is 13.4. The molecule has 0 fully saturated rings. The third kappa shape index (κ3) is 4.34. The number of nitrogens with one attached hydrogen (secondary N) is 3. The van der Waals surface area contributed by atoms with Gasteiger partial charge in [0.1, 0.15) is 5.82 Å². The van der Waals surface area contributed by atoms with Crippen molar-refractivity contribution in [3.05, 3.63) is 66.1 Å². The highest BCUT2D eigenvalue weighted by molar-refractivity contribution is 6.07. The van der Waals surface area contributed by atoms with Crippen LogP contribution in [-0.4, -0.2) is 27.9 Å². The molecule has 136 valence electrons. The van der Waals surface area contributed by atoms with Crippen molar-refractivity contribution in [3.63, 3.8) is 0 Å². The molecule has 0 atom stereocenters. The molecule has 1 aromatic heterocycles. The van der Waals surface area contributed by atoms with Gasteiger partial charge in [0.2, 0.25) is 11.8 Å². The van der Waals surface area contributed by atoms with Crippen LogP contribution in [0.4, 0.5) is 15.8 Å². The number of carbonyl (C=O) groups excluding carboxylic acids is 3. The number of nitrogens with two attached hydrogens (primary N) is 1. The van der Waals surface area contributed by atoms with E-state index in [1.165, 1.54) is 6.07 Å². The summed E-state index contributed by atoms with van der Waals surface area (Å²) < 4.78 is 13.4. The Bertz CT molecular complexity index is 1070. The Balaban J connectivity index is 1.61. The zero-order chi connectivity index (χ0) is 19.4. The molecule has 9 heteroatoms. The Labute approximate surface area is 152 Å². The minimum Gasteiger partial charge on any atom is -0.366 e. The SMILES string of the molecule is NC(=O)c1cc(NC(=O)/C=C/C(=O)Nc2ccc3[nH]ncc3c2)ccc1F.